The largest absolute Gasteiger partial charge is 0.497 e. The van der Waals surface area contributed by atoms with Crippen LogP contribution in [0.15, 0.2) is 46.7 Å². The van der Waals surface area contributed by atoms with Crippen molar-refractivity contribution in [1.82, 2.24) is 14.1 Å². The molecule has 1 aromatic carbocycles. The predicted molar refractivity (Wildman–Crippen MR) is 132 cm³/mol. The van der Waals surface area contributed by atoms with E-state index in [1.54, 1.807) is 44.8 Å². The first-order valence-corrected chi connectivity index (χ1v) is 14.3. The Bertz CT molecular complexity index is 1190. The van der Waals surface area contributed by atoms with E-state index in [0.29, 0.717) is 45.0 Å². The lowest BCUT2D eigenvalue weighted by atomic mass is 9.78. The van der Waals surface area contributed by atoms with Gasteiger partial charge >= 0.3 is 0 Å². The number of likely N-dealkylation sites (tertiary alicyclic amines) is 2. The number of ether oxygens (including phenoxy) is 1. The fraction of sp³-hybridized carbons (Fsp3) is 0.520. The molecular weight excluding hydrogens is 486 g/mol. The summed E-state index contributed by atoms with van der Waals surface area (Å²) in [6, 6.07) is 10.6. The van der Waals surface area contributed by atoms with Gasteiger partial charge in [0.05, 0.1) is 24.5 Å². The van der Waals surface area contributed by atoms with Gasteiger partial charge in [-0.3, -0.25) is 9.59 Å². The van der Waals surface area contributed by atoms with Crippen molar-refractivity contribution in [1.29, 1.82) is 0 Å². The lowest BCUT2D eigenvalue weighted by Crippen LogP contribution is -2.45. The minimum atomic E-state index is -3.59. The van der Waals surface area contributed by atoms with Crippen LogP contribution in [0, 0.1) is 11.3 Å². The maximum Gasteiger partial charge on any atom is 0.243 e. The Morgan fingerprint density at radius 3 is 2.63 bits per heavy atom. The molecule has 3 saturated heterocycles. The van der Waals surface area contributed by atoms with Gasteiger partial charge < -0.3 is 14.5 Å². The van der Waals surface area contributed by atoms with Gasteiger partial charge in [0.2, 0.25) is 21.8 Å². The Morgan fingerprint density at radius 2 is 1.91 bits per heavy atom. The number of piperidine rings is 1. The SMILES string of the molecule is COc1cccc(S(=O)(=O)N2CCC3(CCN(C(=O)C4CC(=O)N(Cc5cccs5)C4)C3)CC2)c1. The molecule has 188 valence electrons. The monoisotopic (exact) mass is 517 g/mol. The van der Waals surface area contributed by atoms with Crippen molar-refractivity contribution >= 4 is 33.2 Å². The summed E-state index contributed by atoms with van der Waals surface area (Å²) in [6.45, 7) is 3.26. The molecular formula is C25H31N3O5S2. The number of nitrogens with zero attached hydrogens (tertiary/aromatic N) is 3. The molecule has 5 rings (SSSR count). The Morgan fingerprint density at radius 1 is 1.14 bits per heavy atom. The molecule has 3 fully saturated rings. The normalized spacial score (nSPS) is 22.8. The van der Waals surface area contributed by atoms with Crippen LogP contribution in [0.5, 0.6) is 5.75 Å². The van der Waals surface area contributed by atoms with Crippen LogP contribution in [0.25, 0.3) is 0 Å². The third kappa shape index (κ3) is 4.83. The second kappa shape index (κ2) is 9.55. The summed E-state index contributed by atoms with van der Waals surface area (Å²) in [4.78, 5) is 30.9. The molecule has 1 unspecified atom stereocenters. The number of thiophene rings is 1. The van der Waals surface area contributed by atoms with E-state index in [-0.39, 0.29) is 34.5 Å². The van der Waals surface area contributed by atoms with Crippen LogP contribution in [0.2, 0.25) is 0 Å². The summed E-state index contributed by atoms with van der Waals surface area (Å²) in [5, 5.41) is 2.00. The summed E-state index contributed by atoms with van der Waals surface area (Å²) in [7, 11) is -2.07. The van der Waals surface area contributed by atoms with Gasteiger partial charge in [0, 0.05) is 50.1 Å². The highest BCUT2D eigenvalue weighted by Gasteiger charge is 2.46. The zero-order valence-electron chi connectivity index (χ0n) is 19.9. The molecule has 1 atom stereocenters. The molecule has 10 heteroatoms. The highest BCUT2D eigenvalue weighted by Crippen LogP contribution is 2.42. The van der Waals surface area contributed by atoms with Gasteiger partial charge in [0.25, 0.3) is 0 Å². The van der Waals surface area contributed by atoms with E-state index in [1.165, 1.54) is 7.11 Å². The van der Waals surface area contributed by atoms with Crippen LogP contribution in [0.3, 0.4) is 0 Å². The molecule has 1 spiro atoms. The Labute approximate surface area is 210 Å². The number of benzene rings is 1. The number of carbonyl (C=O) groups is 2. The van der Waals surface area contributed by atoms with Gasteiger partial charge in [-0.2, -0.15) is 4.31 Å². The van der Waals surface area contributed by atoms with E-state index in [4.69, 9.17) is 4.74 Å². The maximum absolute atomic E-state index is 13.3. The lowest BCUT2D eigenvalue weighted by molar-refractivity contribution is -0.135. The van der Waals surface area contributed by atoms with Gasteiger partial charge in [-0.05, 0) is 48.3 Å². The van der Waals surface area contributed by atoms with Gasteiger partial charge in [-0.1, -0.05) is 12.1 Å². The average Bonchev–Trinajstić information content (AvgIpc) is 3.61. The maximum atomic E-state index is 13.3. The summed E-state index contributed by atoms with van der Waals surface area (Å²) < 4.78 is 33.0. The molecule has 0 saturated carbocycles. The van der Waals surface area contributed by atoms with E-state index >= 15 is 0 Å². The summed E-state index contributed by atoms with van der Waals surface area (Å²) in [6.07, 6.45) is 2.62. The van der Waals surface area contributed by atoms with Crippen molar-refractivity contribution in [3.05, 3.63) is 46.7 Å². The number of sulfonamides is 1. The smallest absolute Gasteiger partial charge is 0.243 e. The van der Waals surface area contributed by atoms with Crippen LogP contribution < -0.4 is 4.74 Å². The number of carbonyl (C=O) groups excluding carboxylic acids is 2. The molecule has 4 heterocycles. The molecule has 35 heavy (non-hydrogen) atoms. The quantitative estimate of drug-likeness (QED) is 0.588. The Balaban J connectivity index is 1.18. The summed E-state index contributed by atoms with van der Waals surface area (Å²) >= 11 is 1.62. The zero-order chi connectivity index (χ0) is 24.6. The van der Waals surface area contributed by atoms with Gasteiger partial charge in [0.1, 0.15) is 5.75 Å². The Hall–Kier alpha value is -2.43. The molecule has 2 aromatic rings. The molecule has 1 aromatic heterocycles. The molecule has 2 amide bonds. The molecule has 0 aliphatic carbocycles. The second-order valence-electron chi connectivity index (χ2n) is 9.85. The predicted octanol–water partition coefficient (Wildman–Crippen LogP) is 2.81. The van der Waals surface area contributed by atoms with E-state index < -0.39 is 10.0 Å². The van der Waals surface area contributed by atoms with Crippen molar-refractivity contribution in [2.45, 2.75) is 37.1 Å². The van der Waals surface area contributed by atoms with E-state index in [0.717, 1.165) is 24.1 Å². The average molecular weight is 518 g/mol. The van der Waals surface area contributed by atoms with Gasteiger partial charge in [0.15, 0.2) is 0 Å². The minimum absolute atomic E-state index is 0.0433. The van der Waals surface area contributed by atoms with Gasteiger partial charge in [-0.15, -0.1) is 11.3 Å². The van der Waals surface area contributed by atoms with Crippen molar-refractivity contribution < 1.29 is 22.7 Å². The van der Waals surface area contributed by atoms with E-state index in [2.05, 4.69) is 0 Å². The van der Waals surface area contributed by atoms with Crippen molar-refractivity contribution in [3.8, 4) is 5.75 Å². The molecule has 3 aliphatic heterocycles. The summed E-state index contributed by atoms with van der Waals surface area (Å²) in [5.74, 6) is 0.340. The van der Waals surface area contributed by atoms with Crippen molar-refractivity contribution in [3.63, 3.8) is 0 Å². The molecule has 0 N–H and O–H groups in total. The first kappa shape index (κ1) is 24.3. The Kier molecular flexibility index (Phi) is 6.63. The first-order valence-electron chi connectivity index (χ1n) is 12.0. The van der Waals surface area contributed by atoms with Crippen LogP contribution in [-0.4, -0.2) is 74.2 Å². The van der Waals surface area contributed by atoms with E-state index in [9.17, 15) is 18.0 Å². The third-order valence-electron chi connectivity index (χ3n) is 7.70. The second-order valence-corrected chi connectivity index (χ2v) is 12.8. The van der Waals surface area contributed by atoms with Crippen molar-refractivity contribution in [2.75, 3.05) is 39.8 Å². The van der Waals surface area contributed by atoms with Crippen LogP contribution in [0.1, 0.15) is 30.6 Å². The summed E-state index contributed by atoms with van der Waals surface area (Å²) in [5.41, 5.74) is -0.0463. The number of rotatable bonds is 6. The highest BCUT2D eigenvalue weighted by atomic mass is 32.2. The lowest BCUT2D eigenvalue weighted by Gasteiger charge is -2.38. The first-order chi connectivity index (χ1) is 16.8. The number of amides is 2. The fourth-order valence-electron chi connectivity index (χ4n) is 5.58. The molecule has 0 bridgehead atoms. The fourth-order valence-corrected chi connectivity index (χ4v) is 7.78. The number of hydrogen-bond acceptors (Lipinski definition) is 6. The van der Waals surface area contributed by atoms with Crippen LogP contribution in [0.4, 0.5) is 0 Å². The highest BCUT2D eigenvalue weighted by molar-refractivity contribution is 7.89. The number of methoxy groups -OCH3 is 1. The van der Waals surface area contributed by atoms with Crippen LogP contribution >= 0.6 is 11.3 Å². The third-order valence-corrected chi connectivity index (χ3v) is 10.5. The van der Waals surface area contributed by atoms with Crippen LogP contribution in [-0.2, 0) is 26.2 Å². The molecule has 8 nitrogen and oxygen atoms in total. The molecule has 0 radical (unpaired) electrons. The van der Waals surface area contributed by atoms with Crippen molar-refractivity contribution in [2.24, 2.45) is 11.3 Å². The topological polar surface area (TPSA) is 87.2 Å². The van der Waals surface area contributed by atoms with E-state index in [1.807, 2.05) is 22.4 Å². The standard InChI is InChI=1S/C25H31N3O5S2/c1-33-20-4-2-6-22(15-20)35(31,32)28-11-8-25(9-12-28)7-10-26(18-25)24(30)19-14-23(29)27(16-19)17-21-5-3-13-34-21/h2-6,13,15,19H,7-12,14,16-18H2,1H3. The van der Waals surface area contributed by atoms with Gasteiger partial charge in [-0.25, -0.2) is 8.42 Å². The number of hydrogen-bond donors (Lipinski definition) is 0. The minimum Gasteiger partial charge on any atom is -0.497 e. The molecule has 3 aliphatic rings. The zero-order valence-corrected chi connectivity index (χ0v) is 21.5.